The smallest absolute Gasteiger partial charge is 0.246 e. The van der Waals surface area contributed by atoms with Crippen molar-refractivity contribution in [1.82, 2.24) is 10.4 Å². The van der Waals surface area contributed by atoms with E-state index in [1.54, 1.807) is 30.5 Å². The normalized spacial score (nSPS) is 12.7. The molecule has 0 atom stereocenters. The molecule has 0 spiro atoms. The Hall–Kier alpha value is -3.14. The number of nitrogens with zero attached hydrogens (tertiary/aromatic N) is 2. The summed E-state index contributed by atoms with van der Waals surface area (Å²) in [6.45, 7) is 1.83. The molecule has 1 aromatic carbocycles. The van der Waals surface area contributed by atoms with E-state index in [-0.39, 0.29) is 31.4 Å². The molecule has 2 amide bonds. The summed E-state index contributed by atoms with van der Waals surface area (Å²) in [5.41, 5.74) is 9.56. The molecule has 9 nitrogen and oxygen atoms in total. The molecule has 10 heteroatoms. The zero-order chi connectivity index (χ0) is 18.5. The molecule has 0 saturated heterocycles. The number of nitrogen functional groups attached to an aromatic ring is 1. The van der Waals surface area contributed by atoms with Crippen LogP contribution in [0.1, 0.15) is 19.0 Å². The van der Waals surface area contributed by atoms with Gasteiger partial charge in [0.1, 0.15) is 0 Å². The number of rotatable bonds is 6. The van der Waals surface area contributed by atoms with E-state index in [9.17, 15) is 9.59 Å². The number of hydrogen-bond donors (Lipinski definition) is 3. The van der Waals surface area contributed by atoms with Crippen LogP contribution in [0.5, 0.6) is 11.5 Å². The highest BCUT2D eigenvalue weighted by atomic mass is 32.1. The fourth-order valence-corrected chi connectivity index (χ4v) is 2.78. The van der Waals surface area contributed by atoms with Crippen molar-refractivity contribution in [2.24, 2.45) is 5.10 Å². The molecule has 3 rings (SSSR count). The van der Waals surface area contributed by atoms with Gasteiger partial charge < -0.3 is 20.5 Å². The van der Waals surface area contributed by atoms with Crippen molar-refractivity contribution in [2.45, 2.75) is 19.8 Å². The summed E-state index contributed by atoms with van der Waals surface area (Å²) in [5, 5.41) is 8.79. The highest BCUT2D eigenvalue weighted by Gasteiger charge is 2.14. The predicted molar refractivity (Wildman–Crippen MR) is 97.3 cm³/mol. The van der Waals surface area contributed by atoms with Crippen LogP contribution in [0.25, 0.3) is 0 Å². The number of nitrogens with one attached hydrogen (secondary N) is 2. The first-order chi connectivity index (χ1) is 12.5. The van der Waals surface area contributed by atoms with Crippen molar-refractivity contribution >= 4 is 39.7 Å². The van der Waals surface area contributed by atoms with Gasteiger partial charge in [0.05, 0.1) is 18.5 Å². The third-order valence-corrected chi connectivity index (χ3v) is 4.08. The molecule has 0 radical (unpaired) electrons. The summed E-state index contributed by atoms with van der Waals surface area (Å²) >= 11 is 1.27. The van der Waals surface area contributed by atoms with Crippen LogP contribution in [0.2, 0.25) is 0 Å². The maximum absolute atomic E-state index is 12.1. The minimum atomic E-state index is -0.328. The Balaban J connectivity index is 1.47. The third kappa shape index (κ3) is 4.70. The average Bonchev–Trinajstić information content (AvgIpc) is 3.21. The molecule has 0 saturated carbocycles. The molecule has 0 aliphatic carbocycles. The average molecular weight is 375 g/mol. The van der Waals surface area contributed by atoms with Gasteiger partial charge >= 0.3 is 0 Å². The Morgan fingerprint density at radius 3 is 2.88 bits per heavy atom. The van der Waals surface area contributed by atoms with Gasteiger partial charge in [0.2, 0.25) is 18.6 Å². The summed E-state index contributed by atoms with van der Waals surface area (Å²) in [5.74, 6) is 0.644. The van der Waals surface area contributed by atoms with Crippen molar-refractivity contribution in [3.63, 3.8) is 0 Å². The lowest BCUT2D eigenvalue weighted by molar-refractivity contribution is -0.120. The molecule has 2 aromatic rings. The van der Waals surface area contributed by atoms with Gasteiger partial charge in [0.25, 0.3) is 0 Å². The number of anilines is 2. The van der Waals surface area contributed by atoms with Crippen LogP contribution in [0.15, 0.2) is 28.7 Å². The first-order valence-electron chi connectivity index (χ1n) is 7.71. The Labute approximate surface area is 153 Å². The van der Waals surface area contributed by atoms with Gasteiger partial charge in [-0.1, -0.05) is 0 Å². The van der Waals surface area contributed by atoms with E-state index in [4.69, 9.17) is 15.2 Å². The van der Waals surface area contributed by atoms with E-state index in [1.807, 2.05) is 0 Å². The number of fused-ring (bicyclic) bond motifs is 1. The fourth-order valence-electron chi connectivity index (χ4n) is 2.22. The first-order valence-corrected chi connectivity index (χ1v) is 8.59. The van der Waals surface area contributed by atoms with Crippen molar-refractivity contribution in [3.05, 3.63) is 29.3 Å². The molecule has 2 heterocycles. The number of carbonyl (C=O) groups is 2. The van der Waals surface area contributed by atoms with Crippen molar-refractivity contribution in [1.29, 1.82) is 0 Å². The molecule has 136 valence electrons. The van der Waals surface area contributed by atoms with Gasteiger partial charge in [-0.2, -0.15) is 5.10 Å². The molecular formula is C16H17N5O4S. The minimum absolute atomic E-state index is 0.0401. The lowest BCUT2D eigenvalue weighted by atomic mass is 10.2. The zero-order valence-corrected chi connectivity index (χ0v) is 14.8. The Bertz CT molecular complexity index is 864. The number of hydrogen-bond acceptors (Lipinski definition) is 8. The highest BCUT2D eigenvalue weighted by molar-refractivity contribution is 7.13. The molecule has 0 unspecified atom stereocenters. The minimum Gasteiger partial charge on any atom is -0.454 e. The molecule has 0 bridgehead atoms. The first kappa shape index (κ1) is 17.7. The van der Waals surface area contributed by atoms with Crippen molar-refractivity contribution < 1.29 is 19.1 Å². The van der Waals surface area contributed by atoms with Crippen LogP contribution in [0, 0.1) is 0 Å². The van der Waals surface area contributed by atoms with E-state index >= 15 is 0 Å². The van der Waals surface area contributed by atoms with Gasteiger partial charge in [0.15, 0.2) is 16.6 Å². The molecule has 1 aliphatic heterocycles. The number of aromatic nitrogens is 1. The summed E-state index contributed by atoms with van der Waals surface area (Å²) in [4.78, 5) is 27.9. The summed E-state index contributed by atoms with van der Waals surface area (Å²) in [6.07, 6.45) is 0.117. The van der Waals surface area contributed by atoms with Crippen LogP contribution in [-0.2, 0) is 16.0 Å². The molecule has 1 aliphatic rings. The number of benzene rings is 1. The predicted octanol–water partition coefficient (Wildman–Crippen LogP) is 1.52. The van der Waals surface area contributed by atoms with E-state index in [2.05, 4.69) is 20.8 Å². The molecule has 26 heavy (non-hydrogen) atoms. The lowest BCUT2D eigenvalue weighted by Gasteiger charge is -2.06. The molecule has 0 fully saturated rings. The second-order valence-electron chi connectivity index (χ2n) is 5.53. The van der Waals surface area contributed by atoms with Crippen molar-refractivity contribution in [2.75, 3.05) is 17.8 Å². The molecule has 4 N–H and O–H groups in total. The number of nitrogens with two attached hydrogens (primary N) is 1. The van der Waals surface area contributed by atoms with Gasteiger partial charge in [-0.15, -0.1) is 11.3 Å². The van der Waals surface area contributed by atoms with Gasteiger partial charge in [-0.25, -0.2) is 10.4 Å². The van der Waals surface area contributed by atoms with E-state index in [1.165, 1.54) is 11.3 Å². The van der Waals surface area contributed by atoms with E-state index in [0.29, 0.717) is 33.7 Å². The topological polar surface area (TPSA) is 128 Å². The molecule has 1 aromatic heterocycles. The number of carbonyl (C=O) groups excluding carboxylic acids is 2. The van der Waals surface area contributed by atoms with Crippen LogP contribution >= 0.6 is 11.3 Å². The Morgan fingerprint density at radius 2 is 2.12 bits per heavy atom. The third-order valence-electron chi connectivity index (χ3n) is 3.36. The van der Waals surface area contributed by atoms with Crippen LogP contribution in [0.4, 0.5) is 10.8 Å². The zero-order valence-electron chi connectivity index (χ0n) is 13.9. The SMILES string of the molecule is C/C(CC(=O)Nc1ccc2c(c1)OCO2)=N/NC(=O)Cc1csc(N)n1. The monoisotopic (exact) mass is 375 g/mol. The maximum Gasteiger partial charge on any atom is 0.246 e. The number of amides is 2. The van der Waals surface area contributed by atoms with Gasteiger partial charge in [-0.05, 0) is 19.1 Å². The number of hydrazone groups is 1. The van der Waals surface area contributed by atoms with Crippen molar-refractivity contribution in [3.8, 4) is 11.5 Å². The second-order valence-corrected chi connectivity index (χ2v) is 6.42. The van der Waals surface area contributed by atoms with E-state index in [0.717, 1.165) is 0 Å². The standard InChI is InChI=1S/C16H17N5O4S/c1-9(20-21-15(23)6-11-7-26-16(17)19-11)4-14(22)18-10-2-3-12-13(5-10)25-8-24-12/h2-3,5,7H,4,6,8H2,1H3,(H2,17,19)(H,18,22)(H,21,23)/b20-9-. The quantitative estimate of drug-likeness (QED) is 0.519. The summed E-state index contributed by atoms with van der Waals surface area (Å²) in [6, 6.07) is 5.14. The fraction of sp³-hybridized carbons (Fsp3) is 0.250. The number of ether oxygens (including phenoxy) is 2. The van der Waals surface area contributed by atoms with Crippen LogP contribution < -0.4 is 25.9 Å². The number of thiazole rings is 1. The van der Waals surface area contributed by atoms with E-state index < -0.39 is 0 Å². The lowest BCUT2D eigenvalue weighted by Crippen LogP contribution is -2.23. The van der Waals surface area contributed by atoms with Crippen LogP contribution in [0.3, 0.4) is 0 Å². The summed E-state index contributed by atoms with van der Waals surface area (Å²) < 4.78 is 10.5. The Kier molecular flexibility index (Phi) is 5.32. The van der Waals surface area contributed by atoms with Gasteiger partial charge in [0, 0.05) is 22.8 Å². The largest absolute Gasteiger partial charge is 0.454 e. The summed E-state index contributed by atoms with van der Waals surface area (Å²) in [7, 11) is 0. The van der Waals surface area contributed by atoms with Crippen LogP contribution in [-0.4, -0.2) is 29.3 Å². The Morgan fingerprint density at radius 1 is 1.31 bits per heavy atom. The highest BCUT2D eigenvalue weighted by Crippen LogP contribution is 2.34. The maximum atomic E-state index is 12.1. The van der Waals surface area contributed by atoms with Gasteiger partial charge in [-0.3, -0.25) is 9.59 Å². The second kappa shape index (κ2) is 7.83. The molecular weight excluding hydrogens is 358 g/mol.